The van der Waals surface area contributed by atoms with E-state index >= 15 is 0 Å². The molecule has 0 saturated carbocycles. The summed E-state index contributed by atoms with van der Waals surface area (Å²) in [5.74, 6) is 0.161. The molecule has 2 aliphatic rings. The maximum Gasteiger partial charge on any atom is 0.316 e. The second-order valence-corrected chi connectivity index (χ2v) is 6.29. The van der Waals surface area contributed by atoms with Crippen LogP contribution in [0, 0.1) is 20.8 Å². The van der Waals surface area contributed by atoms with Crippen LogP contribution in [0.3, 0.4) is 0 Å². The molecule has 0 aromatic heterocycles. The van der Waals surface area contributed by atoms with Gasteiger partial charge in [-0.1, -0.05) is 24.3 Å². The zero-order valence-corrected chi connectivity index (χ0v) is 14.8. The molecule has 0 spiro atoms. The summed E-state index contributed by atoms with van der Waals surface area (Å²) in [6, 6.07) is 10.0. The standard InChI is InChI=1S/C16H14O.C2H7O3P/c1-9-4-6-13(11(3)10(9)2)16(17)15-8-12-5-7-14(12)15;1-2-5-6(3)4/h4-8H,1-3H3;6H,2H2,1H3,(H,3,4). The van der Waals surface area contributed by atoms with Crippen LogP contribution in [0.1, 0.15) is 39.5 Å². The van der Waals surface area contributed by atoms with Gasteiger partial charge in [-0.2, -0.15) is 0 Å². The Kier molecular flexibility index (Phi) is 5.53. The molecule has 0 heterocycles. The number of carbonyl (C=O) groups is 1. The maximum atomic E-state index is 12.4. The lowest BCUT2D eigenvalue weighted by Crippen LogP contribution is -2.11. The second-order valence-electron chi connectivity index (χ2n) is 5.47. The third-order valence-electron chi connectivity index (χ3n) is 4.15. The SMILES string of the molecule is CCO[PH](=O)O.Cc1ccc(C(=O)c2cc3ccc2-3)c(C)c1C. The van der Waals surface area contributed by atoms with Crippen molar-refractivity contribution in [2.75, 3.05) is 6.61 Å². The highest BCUT2D eigenvalue weighted by atomic mass is 31.1. The van der Waals surface area contributed by atoms with Gasteiger partial charge >= 0.3 is 8.25 Å². The van der Waals surface area contributed by atoms with Crippen molar-refractivity contribution in [3.63, 3.8) is 0 Å². The topological polar surface area (TPSA) is 63.6 Å². The Morgan fingerprint density at radius 1 is 1.09 bits per heavy atom. The summed E-state index contributed by atoms with van der Waals surface area (Å²) in [5.41, 5.74) is 7.62. The lowest BCUT2D eigenvalue weighted by molar-refractivity contribution is 0.103. The summed E-state index contributed by atoms with van der Waals surface area (Å²) in [4.78, 5) is 20.2. The molecule has 1 aromatic rings. The van der Waals surface area contributed by atoms with Crippen LogP contribution in [0.25, 0.3) is 11.1 Å². The normalized spacial score (nSPS) is 12.2. The van der Waals surface area contributed by atoms with Crippen LogP contribution in [0.5, 0.6) is 0 Å². The first-order valence-corrected chi connectivity index (χ1v) is 8.74. The van der Waals surface area contributed by atoms with E-state index in [1.54, 1.807) is 6.92 Å². The first kappa shape index (κ1) is 17.6. The van der Waals surface area contributed by atoms with Crippen LogP contribution < -0.4 is 0 Å². The number of rotatable bonds is 4. The van der Waals surface area contributed by atoms with Crippen molar-refractivity contribution < 1.29 is 18.8 Å². The largest absolute Gasteiger partial charge is 0.326 e. The molecule has 0 saturated heterocycles. The van der Waals surface area contributed by atoms with E-state index in [2.05, 4.69) is 18.4 Å². The Labute approximate surface area is 137 Å². The van der Waals surface area contributed by atoms with Crippen LogP contribution in [-0.4, -0.2) is 17.3 Å². The van der Waals surface area contributed by atoms with Gasteiger partial charge in [0.15, 0.2) is 5.78 Å². The van der Waals surface area contributed by atoms with Gasteiger partial charge in [-0.05, 0) is 61.6 Å². The van der Waals surface area contributed by atoms with Gasteiger partial charge in [0.25, 0.3) is 0 Å². The van der Waals surface area contributed by atoms with E-state index < -0.39 is 8.25 Å². The first-order chi connectivity index (χ1) is 10.9. The fraction of sp³-hybridized carbons (Fsp3) is 0.278. The molecular weight excluding hydrogens is 311 g/mol. The molecular formula is C18H21O4P. The molecule has 0 radical (unpaired) electrons. The van der Waals surface area contributed by atoms with E-state index in [1.807, 2.05) is 37.3 Å². The van der Waals surface area contributed by atoms with Gasteiger partial charge in [-0.3, -0.25) is 9.36 Å². The smallest absolute Gasteiger partial charge is 0.316 e. The van der Waals surface area contributed by atoms with Crippen molar-refractivity contribution in [3.05, 3.63) is 58.1 Å². The summed E-state index contributed by atoms with van der Waals surface area (Å²) in [6.07, 6.45) is 0. The number of carbonyl (C=O) groups excluding carboxylic acids is 1. The van der Waals surface area contributed by atoms with Gasteiger partial charge in [0.2, 0.25) is 0 Å². The van der Waals surface area contributed by atoms with Crippen molar-refractivity contribution in [2.24, 2.45) is 0 Å². The third kappa shape index (κ3) is 3.61. The number of hydrogen-bond acceptors (Lipinski definition) is 3. The average molecular weight is 332 g/mol. The predicted molar refractivity (Wildman–Crippen MR) is 92.4 cm³/mol. The van der Waals surface area contributed by atoms with Crippen molar-refractivity contribution >= 4 is 14.0 Å². The van der Waals surface area contributed by atoms with Gasteiger partial charge in [-0.25, -0.2) is 0 Å². The van der Waals surface area contributed by atoms with E-state index in [1.165, 1.54) is 16.7 Å². The highest BCUT2D eigenvalue weighted by molar-refractivity contribution is 7.32. The van der Waals surface area contributed by atoms with E-state index in [0.717, 1.165) is 22.3 Å². The fourth-order valence-electron chi connectivity index (χ4n) is 2.45. The number of ketones is 1. The van der Waals surface area contributed by atoms with E-state index in [0.29, 0.717) is 6.61 Å². The van der Waals surface area contributed by atoms with E-state index in [9.17, 15) is 9.36 Å². The zero-order valence-electron chi connectivity index (χ0n) is 13.8. The minimum absolute atomic E-state index is 0.161. The Morgan fingerprint density at radius 2 is 1.78 bits per heavy atom. The van der Waals surface area contributed by atoms with Crippen LogP contribution in [0.15, 0.2) is 30.3 Å². The Balaban J connectivity index is 0.000000277. The number of hydrogen-bond donors (Lipinski definition) is 1. The van der Waals surface area contributed by atoms with Gasteiger partial charge in [0, 0.05) is 11.1 Å². The van der Waals surface area contributed by atoms with Gasteiger partial charge in [0.05, 0.1) is 6.61 Å². The molecule has 2 aliphatic carbocycles. The number of aryl methyl sites for hydroxylation is 1. The van der Waals surface area contributed by atoms with Gasteiger partial charge in [0.1, 0.15) is 0 Å². The summed E-state index contributed by atoms with van der Waals surface area (Å²) < 4.78 is 13.7. The van der Waals surface area contributed by atoms with E-state index in [4.69, 9.17) is 4.89 Å². The molecule has 3 rings (SSSR count). The molecule has 1 unspecified atom stereocenters. The van der Waals surface area contributed by atoms with Crippen molar-refractivity contribution in [1.82, 2.24) is 0 Å². The molecule has 23 heavy (non-hydrogen) atoms. The summed E-state index contributed by atoms with van der Waals surface area (Å²) in [5, 5.41) is 0. The molecule has 5 heteroatoms. The maximum absolute atomic E-state index is 12.4. The minimum atomic E-state index is -2.64. The molecule has 0 aliphatic heterocycles. The summed E-state index contributed by atoms with van der Waals surface area (Å²) in [6.45, 7) is 8.16. The molecule has 0 bridgehead atoms. The quantitative estimate of drug-likeness (QED) is 0.574. The molecule has 0 fully saturated rings. The minimum Gasteiger partial charge on any atom is -0.326 e. The lowest BCUT2D eigenvalue weighted by Gasteiger charge is -2.21. The Morgan fingerprint density at radius 3 is 2.17 bits per heavy atom. The average Bonchev–Trinajstić information content (AvgIpc) is 2.47. The van der Waals surface area contributed by atoms with Crippen LogP contribution in [0.4, 0.5) is 0 Å². The van der Waals surface area contributed by atoms with Gasteiger partial charge in [-0.15, -0.1) is 0 Å². The fourth-order valence-corrected chi connectivity index (χ4v) is 2.69. The van der Waals surface area contributed by atoms with Gasteiger partial charge < -0.3 is 9.42 Å². The molecule has 4 nitrogen and oxygen atoms in total. The molecule has 1 N–H and O–H groups in total. The zero-order chi connectivity index (χ0) is 17.1. The van der Waals surface area contributed by atoms with Crippen LogP contribution in [0.2, 0.25) is 0 Å². The predicted octanol–water partition coefficient (Wildman–Crippen LogP) is 4.23. The Hall–Kier alpha value is -1.74. The van der Waals surface area contributed by atoms with Crippen LogP contribution >= 0.6 is 8.25 Å². The molecule has 1 aromatic carbocycles. The van der Waals surface area contributed by atoms with E-state index in [-0.39, 0.29) is 5.78 Å². The molecule has 0 amide bonds. The highest BCUT2D eigenvalue weighted by Crippen LogP contribution is 2.38. The van der Waals surface area contributed by atoms with Crippen molar-refractivity contribution in [3.8, 4) is 11.1 Å². The summed E-state index contributed by atoms with van der Waals surface area (Å²) >= 11 is 0. The highest BCUT2D eigenvalue weighted by Gasteiger charge is 2.24. The third-order valence-corrected chi connectivity index (χ3v) is 4.68. The van der Waals surface area contributed by atoms with Crippen molar-refractivity contribution in [1.29, 1.82) is 0 Å². The first-order valence-electron chi connectivity index (χ1n) is 7.48. The Bertz CT molecular complexity index is 781. The number of fused-ring (bicyclic) bond motifs is 1. The lowest BCUT2D eigenvalue weighted by atomic mass is 9.81. The molecule has 122 valence electrons. The second kappa shape index (κ2) is 7.22. The monoisotopic (exact) mass is 332 g/mol. The molecule has 1 atom stereocenters. The summed E-state index contributed by atoms with van der Waals surface area (Å²) in [7, 11) is -2.64. The van der Waals surface area contributed by atoms with Crippen LogP contribution in [-0.2, 0) is 9.09 Å². The number of benzene rings is 2. The van der Waals surface area contributed by atoms with Crippen molar-refractivity contribution in [2.45, 2.75) is 27.7 Å².